The number of rotatable bonds is 39. The highest BCUT2D eigenvalue weighted by molar-refractivity contribution is 7.47. The SMILES string of the molecule is CC/C=C\C/C=C\C/C=C\CCCCCCCC(=O)OC(COC(=O)CCCCCCCCC/C=C\CCCCCCCCC)COP(=O)(O)OC1C(O)C(O)C(O)C(O)C1O. The molecule has 0 amide bonds. The average Bonchev–Trinajstić information content (AvgIpc) is 3.25. The Hall–Kier alpha value is -2.19. The smallest absolute Gasteiger partial charge is 0.462 e. The first-order chi connectivity index (χ1) is 29.9. The van der Waals surface area contributed by atoms with Crippen LogP contribution in [0.1, 0.15) is 187 Å². The Morgan fingerprint density at radius 2 is 0.919 bits per heavy atom. The summed E-state index contributed by atoms with van der Waals surface area (Å²) in [6.45, 7) is 3.17. The fraction of sp³-hybridized carbons (Fsp3) is 0.792. The van der Waals surface area contributed by atoms with Gasteiger partial charge in [-0.15, -0.1) is 0 Å². The highest BCUT2D eigenvalue weighted by atomic mass is 31.2. The minimum Gasteiger partial charge on any atom is -0.462 e. The van der Waals surface area contributed by atoms with Crippen molar-refractivity contribution in [3.05, 3.63) is 48.6 Å². The molecule has 0 heterocycles. The molecular formula is C48H85O13P. The lowest BCUT2D eigenvalue weighted by Gasteiger charge is -2.41. The molecule has 0 radical (unpaired) electrons. The first-order valence-electron chi connectivity index (χ1n) is 23.9. The number of ether oxygens (including phenoxy) is 2. The van der Waals surface area contributed by atoms with Gasteiger partial charge in [0, 0.05) is 12.8 Å². The first kappa shape index (κ1) is 57.8. The van der Waals surface area contributed by atoms with Crippen LogP contribution in [0.5, 0.6) is 0 Å². The number of hydrogen-bond acceptors (Lipinski definition) is 12. The summed E-state index contributed by atoms with van der Waals surface area (Å²) in [7, 11) is -5.13. The van der Waals surface area contributed by atoms with Gasteiger partial charge in [-0.25, -0.2) is 4.57 Å². The zero-order valence-corrected chi connectivity index (χ0v) is 39.0. The van der Waals surface area contributed by atoms with Crippen molar-refractivity contribution in [1.82, 2.24) is 0 Å². The molecule has 1 rings (SSSR count). The number of carbonyl (C=O) groups is 2. The quantitative estimate of drug-likeness (QED) is 0.0147. The minimum absolute atomic E-state index is 0.0754. The van der Waals surface area contributed by atoms with Crippen molar-refractivity contribution in [2.45, 2.75) is 230 Å². The minimum atomic E-state index is -5.13. The number of aliphatic hydroxyl groups is 5. The van der Waals surface area contributed by atoms with Crippen molar-refractivity contribution >= 4 is 19.8 Å². The summed E-state index contributed by atoms with van der Waals surface area (Å²) in [5.41, 5.74) is 0. The Labute approximate surface area is 373 Å². The molecular weight excluding hydrogens is 815 g/mol. The van der Waals surface area contributed by atoms with Crippen molar-refractivity contribution in [2.24, 2.45) is 0 Å². The second-order valence-corrected chi connectivity index (χ2v) is 18.0. The molecule has 0 aromatic heterocycles. The molecule has 13 nitrogen and oxygen atoms in total. The van der Waals surface area contributed by atoms with Crippen LogP contribution in [0.25, 0.3) is 0 Å². The van der Waals surface area contributed by atoms with Gasteiger partial charge in [0.1, 0.15) is 43.2 Å². The van der Waals surface area contributed by atoms with E-state index < -0.39 is 75.7 Å². The number of hydrogen-bond donors (Lipinski definition) is 6. The van der Waals surface area contributed by atoms with Gasteiger partial charge in [-0.05, 0) is 70.6 Å². The van der Waals surface area contributed by atoms with Gasteiger partial charge in [0.05, 0.1) is 6.61 Å². The molecule has 6 N–H and O–H groups in total. The van der Waals surface area contributed by atoms with Gasteiger partial charge in [0.15, 0.2) is 6.10 Å². The van der Waals surface area contributed by atoms with E-state index in [1.54, 1.807) is 0 Å². The lowest BCUT2D eigenvalue weighted by Crippen LogP contribution is -2.64. The third kappa shape index (κ3) is 30.0. The predicted octanol–water partition coefficient (Wildman–Crippen LogP) is 9.56. The number of phosphoric acid groups is 1. The second kappa shape index (κ2) is 38.1. The number of carbonyl (C=O) groups excluding carboxylic acids is 2. The van der Waals surface area contributed by atoms with Crippen molar-refractivity contribution in [2.75, 3.05) is 13.2 Å². The Morgan fingerprint density at radius 1 is 0.516 bits per heavy atom. The van der Waals surface area contributed by atoms with Gasteiger partial charge in [-0.2, -0.15) is 0 Å². The van der Waals surface area contributed by atoms with Gasteiger partial charge in [0.2, 0.25) is 0 Å². The van der Waals surface area contributed by atoms with Crippen LogP contribution in [0.4, 0.5) is 0 Å². The Kier molecular flexibility index (Phi) is 35.5. The number of unbranched alkanes of at least 4 members (excludes halogenated alkanes) is 19. The molecule has 6 atom stereocenters. The van der Waals surface area contributed by atoms with Crippen LogP contribution < -0.4 is 0 Å². The van der Waals surface area contributed by atoms with Crippen molar-refractivity contribution < 1.29 is 63.1 Å². The molecule has 1 aliphatic rings. The summed E-state index contributed by atoms with van der Waals surface area (Å²) in [5.74, 6) is -1.12. The lowest BCUT2D eigenvalue weighted by atomic mass is 9.85. The zero-order chi connectivity index (χ0) is 45.7. The molecule has 14 heteroatoms. The van der Waals surface area contributed by atoms with Crippen LogP contribution in [-0.4, -0.2) is 98.3 Å². The van der Waals surface area contributed by atoms with Crippen LogP contribution in [0.3, 0.4) is 0 Å². The van der Waals surface area contributed by atoms with Gasteiger partial charge >= 0.3 is 19.8 Å². The fourth-order valence-electron chi connectivity index (χ4n) is 7.06. The van der Waals surface area contributed by atoms with Crippen LogP contribution >= 0.6 is 7.82 Å². The maximum absolute atomic E-state index is 12.8. The summed E-state index contributed by atoms with van der Waals surface area (Å²) >= 11 is 0. The molecule has 360 valence electrons. The van der Waals surface area contributed by atoms with Crippen LogP contribution in [0.15, 0.2) is 48.6 Å². The molecule has 1 saturated carbocycles. The summed E-state index contributed by atoms with van der Waals surface area (Å²) in [4.78, 5) is 35.7. The Bertz CT molecular complexity index is 1270. The van der Waals surface area contributed by atoms with E-state index in [-0.39, 0.29) is 12.8 Å². The highest BCUT2D eigenvalue weighted by Crippen LogP contribution is 2.47. The maximum atomic E-state index is 12.8. The molecule has 0 saturated heterocycles. The monoisotopic (exact) mass is 901 g/mol. The van der Waals surface area contributed by atoms with Crippen molar-refractivity contribution in [3.8, 4) is 0 Å². The van der Waals surface area contributed by atoms with Gasteiger partial charge in [-0.3, -0.25) is 18.6 Å². The van der Waals surface area contributed by atoms with Crippen molar-refractivity contribution in [3.63, 3.8) is 0 Å². The maximum Gasteiger partial charge on any atom is 0.472 e. The third-order valence-electron chi connectivity index (χ3n) is 10.9. The molecule has 1 fully saturated rings. The van der Waals surface area contributed by atoms with E-state index in [1.807, 2.05) is 0 Å². The summed E-state index contributed by atoms with van der Waals surface area (Å²) in [6.07, 6.45) is 31.6. The predicted molar refractivity (Wildman–Crippen MR) is 244 cm³/mol. The molecule has 6 unspecified atom stereocenters. The van der Waals surface area contributed by atoms with E-state index in [4.69, 9.17) is 18.5 Å². The number of esters is 2. The molecule has 0 bridgehead atoms. The van der Waals surface area contributed by atoms with E-state index in [0.717, 1.165) is 83.5 Å². The first-order valence-corrected chi connectivity index (χ1v) is 25.4. The molecule has 0 aromatic carbocycles. The molecule has 1 aliphatic carbocycles. The average molecular weight is 901 g/mol. The summed E-state index contributed by atoms with van der Waals surface area (Å²) in [5, 5.41) is 50.2. The lowest BCUT2D eigenvalue weighted by molar-refractivity contribution is -0.220. The molecule has 0 aromatic rings. The van der Waals surface area contributed by atoms with Crippen LogP contribution in [0.2, 0.25) is 0 Å². The zero-order valence-electron chi connectivity index (χ0n) is 38.2. The third-order valence-corrected chi connectivity index (χ3v) is 11.9. The fourth-order valence-corrected chi connectivity index (χ4v) is 8.03. The van der Waals surface area contributed by atoms with Crippen LogP contribution in [0, 0.1) is 0 Å². The van der Waals surface area contributed by atoms with E-state index in [2.05, 4.69) is 62.5 Å². The van der Waals surface area contributed by atoms with Gasteiger partial charge < -0.3 is 39.9 Å². The molecule has 0 spiro atoms. The Balaban J connectivity index is 2.44. The van der Waals surface area contributed by atoms with Gasteiger partial charge in [0.25, 0.3) is 0 Å². The standard InChI is InChI=1S/C48H85O13P/c1-3-5-7-9-11-13-15-17-19-20-21-23-24-26-28-30-32-34-36-41(49)58-38-40(39-59-62(56,57)61-48-46(54)44(52)43(51)45(53)47(48)55)60-42(50)37-35-33-31-29-27-25-22-18-16-14-12-10-8-6-4-2/h6,8,12,14,18-20,22,40,43-48,51-55H,3-5,7,9-11,13,15-17,21,23-39H2,1-2H3,(H,56,57)/b8-6-,14-12-,20-19-,22-18-. The van der Waals surface area contributed by atoms with E-state index in [1.165, 1.54) is 64.2 Å². The number of phosphoric ester groups is 1. The van der Waals surface area contributed by atoms with Crippen LogP contribution in [-0.2, 0) is 32.7 Å². The molecule has 0 aliphatic heterocycles. The molecule has 62 heavy (non-hydrogen) atoms. The van der Waals surface area contributed by atoms with E-state index in [0.29, 0.717) is 12.8 Å². The summed E-state index contributed by atoms with van der Waals surface area (Å²) < 4.78 is 33.5. The largest absolute Gasteiger partial charge is 0.472 e. The number of aliphatic hydroxyl groups excluding tert-OH is 5. The van der Waals surface area contributed by atoms with E-state index >= 15 is 0 Å². The Morgan fingerprint density at radius 3 is 1.42 bits per heavy atom. The number of allylic oxidation sites excluding steroid dienone is 8. The normalized spacial score (nSPS) is 22.3. The highest BCUT2D eigenvalue weighted by Gasteiger charge is 2.51. The second-order valence-electron chi connectivity index (χ2n) is 16.6. The summed E-state index contributed by atoms with van der Waals surface area (Å²) in [6, 6.07) is 0. The van der Waals surface area contributed by atoms with Crippen molar-refractivity contribution in [1.29, 1.82) is 0 Å². The topological polar surface area (TPSA) is 210 Å². The van der Waals surface area contributed by atoms with Gasteiger partial charge in [-0.1, -0.05) is 152 Å². The van der Waals surface area contributed by atoms with E-state index in [9.17, 15) is 44.6 Å².